The first-order chi connectivity index (χ1) is 6.22. The number of halogens is 1. The van der Waals surface area contributed by atoms with Crippen LogP contribution < -0.4 is 0 Å². The van der Waals surface area contributed by atoms with Gasteiger partial charge in [0.15, 0.2) is 5.15 Å². The summed E-state index contributed by atoms with van der Waals surface area (Å²) >= 11 is 5.85. The number of nitrogens with zero attached hydrogens (tertiary/aromatic N) is 2. The number of aryl methyl sites for hydroxylation is 1. The van der Waals surface area contributed by atoms with Crippen LogP contribution >= 0.6 is 11.6 Å². The quantitative estimate of drug-likeness (QED) is 0.652. The van der Waals surface area contributed by atoms with Gasteiger partial charge >= 0.3 is 0 Å². The predicted octanol–water partition coefficient (Wildman–Crippen LogP) is 2.04. The number of benzene rings is 1. The van der Waals surface area contributed by atoms with E-state index in [0.29, 0.717) is 10.7 Å². The van der Waals surface area contributed by atoms with Crippen molar-refractivity contribution in [2.75, 3.05) is 0 Å². The second-order valence-corrected chi connectivity index (χ2v) is 3.17. The van der Waals surface area contributed by atoms with E-state index in [0.717, 1.165) is 17.2 Å². The number of carbonyl (C=O) groups excluding carboxylic acids is 1. The molecule has 66 valence electrons. The zero-order valence-corrected chi connectivity index (χ0v) is 7.75. The highest BCUT2D eigenvalue weighted by molar-refractivity contribution is 6.34. The van der Waals surface area contributed by atoms with E-state index in [-0.39, 0.29) is 0 Å². The molecular weight excluding hydrogens is 188 g/mol. The zero-order valence-electron chi connectivity index (χ0n) is 6.99. The Bertz CT molecular complexity index is 476. The minimum absolute atomic E-state index is 0.468. The first kappa shape index (κ1) is 8.26. The lowest BCUT2D eigenvalue weighted by atomic mass is 10.2. The summed E-state index contributed by atoms with van der Waals surface area (Å²) in [6, 6.07) is 5.29. The van der Waals surface area contributed by atoms with Gasteiger partial charge in [0.2, 0.25) is 0 Å². The first-order valence-corrected chi connectivity index (χ1v) is 4.17. The topological polar surface area (TPSA) is 34.9 Å². The van der Waals surface area contributed by atoms with Gasteiger partial charge in [0.25, 0.3) is 0 Å². The summed E-state index contributed by atoms with van der Waals surface area (Å²) in [4.78, 5) is 10.5. The van der Waals surface area contributed by atoms with Crippen molar-refractivity contribution in [3.63, 3.8) is 0 Å². The van der Waals surface area contributed by atoms with Gasteiger partial charge in [0.05, 0.1) is 5.52 Å². The Morgan fingerprint density at radius 1 is 1.54 bits per heavy atom. The van der Waals surface area contributed by atoms with Crippen molar-refractivity contribution in [2.45, 2.75) is 0 Å². The average molecular weight is 195 g/mol. The van der Waals surface area contributed by atoms with Gasteiger partial charge in [-0.2, -0.15) is 5.10 Å². The molecule has 2 rings (SSSR count). The number of aldehydes is 1. The smallest absolute Gasteiger partial charge is 0.158 e. The standard InChI is InChI=1S/C9H7ClN2O/c1-12-8-4-6(5-13)2-3-7(8)9(10)11-12/h2-5H,1H3. The summed E-state index contributed by atoms with van der Waals surface area (Å²) in [7, 11) is 1.79. The Morgan fingerprint density at radius 2 is 2.31 bits per heavy atom. The highest BCUT2D eigenvalue weighted by Crippen LogP contribution is 2.22. The van der Waals surface area contributed by atoms with Crippen molar-refractivity contribution in [1.82, 2.24) is 9.78 Å². The van der Waals surface area contributed by atoms with Crippen molar-refractivity contribution in [3.05, 3.63) is 28.9 Å². The number of carbonyl (C=O) groups is 1. The molecule has 0 aliphatic heterocycles. The lowest BCUT2D eigenvalue weighted by molar-refractivity contribution is 0.112. The van der Waals surface area contributed by atoms with Crippen LogP contribution in [0.25, 0.3) is 10.9 Å². The fraction of sp³-hybridized carbons (Fsp3) is 0.111. The third kappa shape index (κ3) is 1.21. The number of hydrogen-bond acceptors (Lipinski definition) is 2. The summed E-state index contributed by atoms with van der Waals surface area (Å²) in [5.74, 6) is 0. The summed E-state index contributed by atoms with van der Waals surface area (Å²) in [6.45, 7) is 0. The molecule has 4 heteroatoms. The van der Waals surface area contributed by atoms with Gasteiger partial charge in [-0.3, -0.25) is 9.48 Å². The molecule has 0 radical (unpaired) electrons. The second-order valence-electron chi connectivity index (χ2n) is 2.81. The lowest BCUT2D eigenvalue weighted by Crippen LogP contribution is -1.89. The minimum atomic E-state index is 0.468. The first-order valence-electron chi connectivity index (χ1n) is 3.80. The van der Waals surface area contributed by atoms with Crippen LogP contribution in [0.2, 0.25) is 5.15 Å². The van der Waals surface area contributed by atoms with Gasteiger partial charge in [-0.1, -0.05) is 17.7 Å². The van der Waals surface area contributed by atoms with Crippen LogP contribution in [0.5, 0.6) is 0 Å². The zero-order chi connectivity index (χ0) is 9.42. The summed E-state index contributed by atoms with van der Waals surface area (Å²) < 4.78 is 1.66. The van der Waals surface area contributed by atoms with Crippen molar-refractivity contribution in [1.29, 1.82) is 0 Å². The molecule has 0 amide bonds. The molecule has 0 aliphatic rings. The maximum absolute atomic E-state index is 10.5. The summed E-state index contributed by atoms with van der Waals surface area (Å²) in [6.07, 6.45) is 0.806. The van der Waals surface area contributed by atoms with E-state index in [9.17, 15) is 4.79 Å². The Hall–Kier alpha value is -1.35. The molecule has 0 saturated heterocycles. The molecule has 0 bridgehead atoms. The van der Waals surface area contributed by atoms with Crippen LogP contribution in [0, 0.1) is 0 Å². The van der Waals surface area contributed by atoms with Crippen molar-refractivity contribution in [3.8, 4) is 0 Å². The number of aromatic nitrogens is 2. The third-order valence-electron chi connectivity index (χ3n) is 1.97. The van der Waals surface area contributed by atoms with Crippen LogP contribution in [0.1, 0.15) is 10.4 Å². The third-order valence-corrected chi connectivity index (χ3v) is 2.25. The second kappa shape index (κ2) is 2.85. The van der Waals surface area contributed by atoms with Gasteiger partial charge in [-0.05, 0) is 12.1 Å². The maximum atomic E-state index is 10.5. The van der Waals surface area contributed by atoms with Crippen molar-refractivity contribution >= 4 is 28.8 Å². The van der Waals surface area contributed by atoms with E-state index in [1.54, 1.807) is 29.9 Å². The fourth-order valence-electron chi connectivity index (χ4n) is 1.30. The van der Waals surface area contributed by atoms with Crippen LogP contribution in [-0.2, 0) is 7.05 Å². The highest BCUT2D eigenvalue weighted by atomic mass is 35.5. The molecule has 1 aromatic heterocycles. The van der Waals surface area contributed by atoms with Crippen LogP contribution in [0.4, 0.5) is 0 Å². The average Bonchev–Trinajstić information content (AvgIpc) is 2.42. The maximum Gasteiger partial charge on any atom is 0.158 e. The molecule has 0 N–H and O–H groups in total. The number of rotatable bonds is 1. The molecule has 0 saturated carbocycles. The fourth-order valence-corrected chi connectivity index (χ4v) is 1.58. The van der Waals surface area contributed by atoms with Gasteiger partial charge in [-0.15, -0.1) is 0 Å². The van der Waals surface area contributed by atoms with Crippen LogP contribution in [-0.4, -0.2) is 16.1 Å². The predicted molar refractivity (Wildman–Crippen MR) is 51.1 cm³/mol. The molecular formula is C9H7ClN2O. The molecule has 3 nitrogen and oxygen atoms in total. The molecule has 1 aromatic carbocycles. The molecule has 0 spiro atoms. The van der Waals surface area contributed by atoms with E-state index in [4.69, 9.17) is 11.6 Å². The Morgan fingerprint density at radius 3 is 3.00 bits per heavy atom. The molecule has 13 heavy (non-hydrogen) atoms. The van der Waals surface area contributed by atoms with Crippen molar-refractivity contribution in [2.24, 2.45) is 7.05 Å². The van der Waals surface area contributed by atoms with Gasteiger partial charge < -0.3 is 0 Å². The Labute approximate surface area is 79.9 Å². The van der Waals surface area contributed by atoms with E-state index < -0.39 is 0 Å². The molecule has 0 atom stereocenters. The SMILES string of the molecule is Cn1nc(Cl)c2ccc(C=O)cc21. The Kier molecular flexibility index (Phi) is 1.81. The molecule has 1 heterocycles. The minimum Gasteiger partial charge on any atom is -0.298 e. The lowest BCUT2D eigenvalue weighted by Gasteiger charge is -1.93. The molecule has 0 unspecified atom stereocenters. The van der Waals surface area contributed by atoms with E-state index in [1.165, 1.54) is 0 Å². The number of fused-ring (bicyclic) bond motifs is 1. The van der Waals surface area contributed by atoms with Crippen LogP contribution in [0.15, 0.2) is 18.2 Å². The van der Waals surface area contributed by atoms with E-state index in [2.05, 4.69) is 5.10 Å². The summed E-state index contributed by atoms with van der Waals surface area (Å²) in [5, 5.41) is 5.37. The largest absolute Gasteiger partial charge is 0.298 e. The van der Waals surface area contributed by atoms with Gasteiger partial charge in [-0.25, -0.2) is 0 Å². The molecule has 0 aliphatic carbocycles. The Balaban J connectivity index is 2.83. The van der Waals surface area contributed by atoms with Gasteiger partial charge in [0.1, 0.15) is 6.29 Å². The van der Waals surface area contributed by atoms with E-state index >= 15 is 0 Å². The highest BCUT2D eigenvalue weighted by Gasteiger charge is 2.05. The molecule has 2 aromatic rings. The van der Waals surface area contributed by atoms with Gasteiger partial charge in [0, 0.05) is 18.0 Å². The number of hydrogen-bond donors (Lipinski definition) is 0. The van der Waals surface area contributed by atoms with Crippen molar-refractivity contribution < 1.29 is 4.79 Å². The normalized spacial score (nSPS) is 10.6. The molecule has 0 fully saturated rings. The monoisotopic (exact) mass is 194 g/mol. The summed E-state index contributed by atoms with van der Waals surface area (Å²) in [5.41, 5.74) is 1.50. The van der Waals surface area contributed by atoms with E-state index in [1.807, 2.05) is 0 Å². The van der Waals surface area contributed by atoms with Crippen LogP contribution in [0.3, 0.4) is 0 Å².